The number of carbonyl (C=O) groups excluding carboxylic acids is 1. The largest absolute Gasteiger partial charge is 0.321 e. The minimum absolute atomic E-state index is 0.00606. The molecule has 1 heterocycles. The molecule has 1 amide bonds. The topological polar surface area (TPSA) is 32.3 Å². The van der Waals surface area contributed by atoms with Crippen molar-refractivity contribution in [3.63, 3.8) is 0 Å². The van der Waals surface area contributed by atoms with E-state index in [1.165, 1.54) is 0 Å². The van der Waals surface area contributed by atoms with E-state index in [0.717, 1.165) is 48.6 Å². The van der Waals surface area contributed by atoms with Gasteiger partial charge in [0.15, 0.2) is 0 Å². The molecule has 1 saturated carbocycles. The summed E-state index contributed by atoms with van der Waals surface area (Å²) in [7, 11) is 0. The molecule has 0 radical (unpaired) electrons. The Hall–Kier alpha value is -0.710. The molecule has 1 unspecified atom stereocenters. The lowest BCUT2D eigenvalue weighted by atomic mass is 10.1. The molecule has 3 nitrogen and oxygen atoms in total. The van der Waals surface area contributed by atoms with Crippen LogP contribution in [0, 0.1) is 0 Å². The Morgan fingerprint density at radius 3 is 2.67 bits per heavy atom. The summed E-state index contributed by atoms with van der Waals surface area (Å²) in [6, 6.07) is 7.83. The summed E-state index contributed by atoms with van der Waals surface area (Å²) in [5, 5.41) is 4.28. The van der Waals surface area contributed by atoms with E-state index in [1.807, 2.05) is 40.9 Å². The van der Waals surface area contributed by atoms with Crippen LogP contribution in [0.2, 0.25) is 5.02 Å². The number of nitrogens with zero attached hydrogens (tertiary/aromatic N) is 1. The zero-order valence-electron chi connectivity index (χ0n) is 12.3. The Morgan fingerprint density at radius 1 is 1.33 bits per heavy atom. The third kappa shape index (κ3) is 3.08. The van der Waals surface area contributed by atoms with Crippen molar-refractivity contribution in [2.24, 2.45) is 0 Å². The van der Waals surface area contributed by atoms with Crippen LogP contribution in [-0.4, -0.2) is 34.9 Å². The number of nitrogens with one attached hydrogen (secondary N) is 1. The van der Waals surface area contributed by atoms with Gasteiger partial charge in [-0.1, -0.05) is 23.7 Å². The molecule has 1 atom stereocenters. The molecule has 5 heteroatoms. The maximum atomic E-state index is 12.6. The summed E-state index contributed by atoms with van der Waals surface area (Å²) in [5.74, 6) is 1.44. The van der Waals surface area contributed by atoms with E-state index in [2.05, 4.69) is 11.6 Å². The summed E-state index contributed by atoms with van der Waals surface area (Å²) in [5.41, 5.74) is 0.866. The number of thioether (sulfide) groups is 1. The number of amides is 1. The smallest absolute Gasteiger partial charge is 0.244 e. The highest BCUT2D eigenvalue weighted by molar-refractivity contribution is 7.98. The zero-order valence-corrected chi connectivity index (χ0v) is 13.8. The van der Waals surface area contributed by atoms with Gasteiger partial charge in [0.05, 0.1) is 0 Å². The van der Waals surface area contributed by atoms with Gasteiger partial charge in [-0.05, 0) is 55.4 Å². The monoisotopic (exact) mass is 324 g/mol. The van der Waals surface area contributed by atoms with Gasteiger partial charge < -0.3 is 4.90 Å². The van der Waals surface area contributed by atoms with Gasteiger partial charge in [-0.3, -0.25) is 10.1 Å². The fraction of sp³-hybridized carbons (Fsp3) is 0.562. The highest BCUT2D eigenvalue weighted by Gasteiger charge is 2.59. The van der Waals surface area contributed by atoms with Crippen LogP contribution in [0.3, 0.4) is 0 Å². The molecule has 1 N–H and O–H groups in total. The standard InChI is InChI=1S/C16H21ClN2OS/c1-21-11-3-2-10-19-14(12-4-6-13(17)7-5-12)18-16(8-9-16)15(19)20/h4-7,14,18H,2-3,8-11H2,1H3. The van der Waals surface area contributed by atoms with Crippen molar-refractivity contribution >= 4 is 29.3 Å². The molecule has 2 fully saturated rings. The van der Waals surface area contributed by atoms with Gasteiger partial charge in [0.25, 0.3) is 0 Å². The second-order valence-corrected chi connectivity index (χ2v) is 7.30. The first-order valence-corrected chi connectivity index (χ1v) is 9.27. The van der Waals surface area contributed by atoms with Gasteiger partial charge in [-0.15, -0.1) is 0 Å². The molecule has 0 aromatic heterocycles. The molecule has 0 bridgehead atoms. The molecule has 1 aliphatic carbocycles. The van der Waals surface area contributed by atoms with E-state index in [1.54, 1.807) is 0 Å². The maximum absolute atomic E-state index is 12.6. The van der Waals surface area contributed by atoms with E-state index in [4.69, 9.17) is 11.6 Å². The molecular weight excluding hydrogens is 304 g/mol. The number of carbonyl (C=O) groups is 1. The Balaban J connectivity index is 1.73. The van der Waals surface area contributed by atoms with Crippen molar-refractivity contribution < 1.29 is 4.79 Å². The van der Waals surface area contributed by atoms with Gasteiger partial charge in [-0.25, -0.2) is 0 Å². The summed E-state index contributed by atoms with van der Waals surface area (Å²) >= 11 is 7.83. The number of hydrogen-bond donors (Lipinski definition) is 1. The second kappa shape index (κ2) is 6.19. The number of benzene rings is 1. The first-order chi connectivity index (χ1) is 10.2. The first-order valence-electron chi connectivity index (χ1n) is 7.49. The number of halogens is 1. The highest BCUT2D eigenvalue weighted by Crippen LogP contribution is 2.46. The summed E-state index contributed by atoms with van der Waals surface area (Å²) in [4.78, 5) is 14.7. The lowest BCUT2D eigenvalue weighted by Gasteiger charge is -2.24. The second-order valence-electron chi connectivity index (χ2n) is 5.88. The lowest BCUT2D eigenvalue weighted by Crippen LogP contribution is -2.33. The molecule has 21 heavy (non-hydrogen) atoms. The van der Waals surface area contributed by atoms with Crippen molar-refractivity contribution in [2.45, 2.75) is 37.4 Å². The van der Waals surface area contributed by atoms with Crippen molar-refractivity contribution in [2.75, 3.05) is 18.6 Å². The highest BCUT2D eigenvalue weighted by atomic mass is 35.5. The molecule has 1 spiro atoms. The van der Waals surface area contributed by atoms with Crippen LogP contribution in [-0.2, 0) is 4.79 Å². The molecule has 1 saturated heterocycles. The van der Waals surface area contributed by atoms with Gasteiger partial charge in [0.2, 0.25) is 5.91 Å². The minimum Gasteiger partial charge on any atom is -0.321 e. The van der Waals surface area contributed by atoms with Crippen molar-refractivity contribution in [3.8, 4) is 0 Å². The SMILES string of the molecule is CSCCCCN1C(=O)C2(CC2)NC1c1ccc(Cl)cc1. The van der Waals surface area contributed by atoms with E-state index < -0.39 is 0 Å². The maximum Gasteiger partial charge on any atom is 0.244 e. The molecular formula is C16H21ClN2OS. The Bertz CT molecular complexity index is 516. The van der Waals surface area contributed by atoms with E-state index in [-0.39, 0.29) is 17.6 Å². The van der Waals surface area contributed by atoms with Crippen molar-refractivity contribution in [1.29, 1.82) is 0 Å². The average molecular weight is 325 g/mol. The van der Waals surface area contributed by atoms with Gasteiger partial charge in [0, 0.05) is 11.6 Å². The van der Waals surface area contributed by atoms with Crippen molar-refractivity contribution in [1.82, 2.24) is 10.2 Å². The third-order valence-electron chi connectivity index (χ3n) is 4.33. The molecule has 114 valence electrons. The van der Waals surface area contributed by atoms with Crippen LogP contribution < -0.4 is 5.32 Å². The van der Waals surface area contributed by atoms with Crippen LogP contribution in [0.5, 0.6) is 0 Å². The molecule has 1 aromatic rings. The van der Waals surface area contributed by atoms with Gasteiger partial charge >= 0.3 is 0 Å². The van der Waals surface area contributed by atoms with Crippen molar-refractivity contribution in [3.05, 3.63) is 34.9 Å². The Kier molecular flexibility index (Phi) is 4.48. The van der Waals surface area contributed by atoms with E-state index in [9.17, 15) is 4.79 Å². The minimum atomic E-state index is -0.260. The van der Waals surface area contributed by atoms with Crippen LogP contribution in [0.1, 0.15) is 37.4 Å². The van der Waals surface area contributed by atoms with E-state index in [0.29, 0.717) is 0 Å². The zero-order chi connectivity index (χ0) is 14.9. The number of hydrogen-bond acceptors (Lipinski definition) is 3. The Labute approximate surface area is 135 Å². The number of unbranched alkanes of at least 4 members (excludes halogenated alkanes) is 1. The predicted octanol–water partition coefficient (Wildman–Crippen LogP) is 3.45. The first kappa shape index (κ1) is 15.2. The summed E-state index contributed by atoms with van der Waals surface area (Å²) in [6.45, 7) is 0.835. The number of rotatable bonds is 6. The third-order valence-corrected chi connectivity index (χ3v) is 5.28. The van der Waals surface area contributed by atoms with Crippen LogP contribution in [0.25, 0.3) is 0 Å². The van der Waals surface area contributed by atoms with Crippen LogP contribution in [0.15, 0.2) is 24.3 Å². The molecule has 1 aliphatic heterocycles. The summed E-state index contributed by atoms with van der Waals surface area (Å²) < 4.78 is 0. The molecule has 1 aromatic carbocycles. The quantitative estimate of drug-likeness (QED) is 0.813. The van der Waals surface area contributed by atoms with Crippen LogP contribution >= 0.6 is 23.4 Å². The summed E-state index contributed by atoms with van der Waals surface area (Å²) in [6.07, 6.45) is 6.29. The lowest BCUT2D eigenvalue weighted by molar-refractivity contribution is -0.130. The predicted molar refractivity (Wildman–Crippen MR) is 88.6 cm³/mol. The van der Waals surface area contributed by atoms with E-state index >= 15 is 0 Å². The molecule has 3 rings (SSSR count). The van der Waals surface area contributed by atoms with Crippen LogP contribution in [0.4, 0.5) is 0 Å². The van der Waals surface area contributed by atoms with Gasteiger partial charge in [0.1, 0.15) is 11.7 Å². The van der Waals surface area contributed by atoms with Gasteiger partial charge in [-0.2, -0.15) is 11.8 Å². The Morgan fingerprint density at radius 2 is 2.05 bits per heavy atom. The molecule has 2 aliphatic rings. The fourth-order valence-electron chi connectivity index (χ4n) is 2.94. The normalized spacial score (nSPS) is 23.0. The fourth-order valence-corrected chi connectivity index (χ4v) is 3.56. The average Bonchev–Trinajstić information content (AvgIpc) is 3.21.